The number of hydrogen-bond acceptors (Lipinski definition) is 4. The van der Waals surface area contributed by atoms with Crippen molar-refractivity contribution in [1.29, 1.82) is 0 Å². The predicted octanol–water partition coefficient (Wildman–Crippen LogP) is 3.08. The lowest BCUT2D eigenvalue weighted by molar-refractivity contribution is -0.702. The molecule has 2 saturated carbocycles. The smallest absolute Gasteiger partial charge is 0.496 e. The van der Waals surface area contributed by atoms with E-state index >= 15 is 0 Å². The number of nitrogens with one attached hydrogen (secondary N) is 1. The summed E-state index contributed by atoms with van der Waals surface area (Å²) in [6.07, 6.45) is 4.81. The summed E-state index contributed by atoms with van der Waals surface area (Å²) in [4.78, 5) is 12.6. The first-order valence-electron chi connectivity index (χ1n) is 8.09. The zero-order chi connectivity index (χ0) is 17.3. The van der Waals surface area contributed by atoms with Crippen LogP contribution in [0.15, 0.2) is 0 Å². The van der Waals surface area contributed by atoms with E-state index in [1.807, 2.05) is 0 Å². The van der Waals surface area contributed by atoms with E-state index in [0.717, 1.165) is 38.5 Å². The second kappa shape index (κ2) is 7.19. The van der Waals surface area contributed by atoms with Gasteiger partial charge in [0.15, 0.2) is 11.9 Å². The minimum absolute atomic E-state index is 0.328. The summed E-state index contributed by atoms with van der Waals surface area (Å²) < 4.78 is 40.8. The van der Waals surface area contributed by atoms with Crippen LogP contribution in [0.1, 0.15) is 52.4 Å². The molecule has 2 rings (SSSR count). The van der Waals surface area contributed by atoms with Crippen molar-refractivity contribution in [3.63, 3.8) is 0 Å². The lowest BCUT2D eigenvalue weighted by Gasteiger charge is -2.46. The Balaban J connectivity index is 1.90. The first kappa shape index (κ1) is 18.9. The second-order valence-corrected chi connectivity index (χ2v) is 8.25. The fourth-order valence-corrected chi connectivity index (χ4v) is 4.79. The highest BCUT2D eigenvalue weighted by molar-refractivity contribution is 7.93. The Morgan fingerprint density at radius 2 is 2.17 bits per heavy atom. The summed E-state index contributed by atoms with van der Waals surface area (Å²) >= 11 is -0.666. The van der Waals surface area contributed by atoms with Crippen LogP contribution in [0, 0.1) is 22.5 Å². The molecular weight excluding hydrogens is 331 g/mol. The molecule has 0 saturated heterocycles. The topological polar surface area (TPSA) is 53.8 Å². The molecule has 5 atom stereocenters. The van der Waals surface area contributed by atoms with Gasteiger partial charge in [0.25, 0.3) is 0 Å². The first-order chi connectivity index (χ1) is 10.6. The van der Waals surface area contributed by atoms with Gasteiger partial charge < -0.3 is 9.94 Å². The van der Waals surface area contributed by atoms with Crippen LogP contribution >= 0.6 is 11.9 Å². The summed E-state index contributed by atoms with van der Waals surface area (Å²) in [5, 5.41) is 11.3. The molecule has 0 aromatic heterocycles. The first-order valence-corrected chi connectivity index (χ1v) is 8.91. The second-order valence-electron chi connectivity index (χ2n) is 7.13. The molecule has 0 amide bonds. The molecule has 134 valence electrons. The summed E-state index contributed by atoms with van der Waals surface area (Å²) in [5.74, 6) is 0.670. The fourth-order valence-electron chi connectivity index (χ4n) is 4.22. The highest BCUT2D eigenvalue weighted by atomic mass is 32.2. The van der Waals surface area contributed by atoms with Crippen molar-refractivity contribution in [1.82, 2.24) is 0 Å². The molecule has 2 aliphatic rings. The van der Waals surface area contributed by atoms with Gasteiger partial charge in [0.2, 0.25) is 0 Å². The minimum atomic E-state index is -4.59. The maximum absolute atomic E-state index is 12.6. The van der Waals surface area contributed by atoms with Crippen molar-refractivity contribution in [2.45, 2.75) is 64.0 Å². The Kier molecular flexibility index (Phi) is 5.90. The molecular formula is C15H24F3NO3S. The minimum Gasteiger partial charge on any atom is -0.621 e. The Labute approximate surface area is 138 Å². The highest BCUT2D eigenvalue weighted by Gasteiger charge is 2.48. The third-order valence-corrected chi connectivity index (χ3v) is 5.47. The molecule has 5 unspecified atom stereocenters. The maximum atomic E-state index is 12.6. The Hall–Kier alpha value is -0.470. The number of quaternary nitrogens is 1. The van der Waals surface area contributed by atoms with Gasteiger partial charge in [-0.1, -0.05) is 19.8 Å². The summed E-state index contributed by atoms with van der Waals surface area (Å²) in [7, 11) is 0. The van der Waals surface area contributed by atoms with E-state index in [9.17, 15) is 23.2 Å². The van der Waals surface area contributed by atoms with Gasteiger partial charge in [-0.25, -0.2) is 0 Å². The van der Waals surface area contributed by atoms with E-state index < -0.39 is 40.0 Å². The quantitative estimate of drug-likeness (QED) is 0.468. The van der Waals surface area contributed by atoms with Gasteiger partial charge in [-0.3, -0.25) is 9.26 Å². The molecule has 23 heavy (non-hydrogen) atoms. The summed E-state index contributed by atoms with van der Waals surface area (Å²) in [6.45, 7) is 3.20. The average molecular weight is 355 g/mol. The molecule has 8 heteroatoms. The van der Waals surface area contributed by atoms with Crippen LogP contribution in [0.25, 0.3) is 0 Å². The summed E-state index contributed by atoms with van der Waals surface area (Å²) in [6, 6.07) is 0. The zero-order valence-corrected chi connectivity index (χ0v) is 14.3. The van der Waals surface area contributed by atoms with Crippen LogP contribution in [0.4, 0.5) is 13.2 Å². The van der Waals surface area contributed by atoms with Crippen LogP contribution in [0.3, 0.4) is 0 Å². The normalized spacial score (nSPS) is 33.8. The molecule has 2 aliphatic carbocycles. The van der Waals surface area contributed by atoms with Crippen molar-refractivity contribution >= 4 is 17.9 Å². The monoisotopic (exact) mass is 355 g/mol. The number of ether oxygens (including phenoxy) is 1. The van der Waals surface area contributed by atoms with Crippen molar-refractivity contribution in [2.24, 2.45) is 17.3 Å². The zero-order valence-electron chi connectivity index (χ0n) is 13.4. The van der Waals surface area contributed by atoms with Crippen LogP contribution in [0.2, 0.25) is 0 Å². The number of carbonyl (C=O) groups excluding carboxylic acids is 1. The van der Waals surface area contributed by atoms with Crippen molar-refractivity contribution in [2.75, 3.05) is 6.54 Å². The highest BCUT2D eigenvalue weighted by Crippen LogP contribution is 2.51. The molecule has 0 heterocycles. The SMILES string of the molecule is CC1CC2CCCC(C(=O)OC(C)C[NH+]([O-])SC(F)(F)F)(C1)C2. The molecule has 0 aliphatic heterocycles. The third-order valence-electron chi connectivity index (χ3n) is 4.85. The number of carbonyl (C=O) groups is 1. The Bertz CT molecular complexity index is 431. The van der Waals surface area contributed by atoms with Gasteiger partial charge in [0.1, 0.15) is 12.6 Å². The van der Waals surface area contributed by atoms with Crippen LogP contribution in [0.5, 0.6) is 0 Å². The molecule has 0 radical (unpaired) electrons. The molecule has 0 aromatic carbocycles. The van der Waals surface area contributed by atoms with E-state index in [4.69, 9.17) is 4.74 Å². The summed E-state index contributed by atoms with van der Waals surface area (Å²) in [5.41, 5.74) is -5.08. The van der Waals surface area contributed by atoms with Crippen LogP contribution in [-0.4, -0.2) is 24.1 Å². The Morgan fingerprint density at radius 3 is 2.83 bits per heavy atom. The molecule has 2 bridgehead atoms. The number of hydrogen-bond donors (Lipinski definition) is 1. The maximum Gasteiger partial charge on any atom is 0.496 e. The number of alkyl halides is 3. The Morgan fingerprint density at radius 1 is 1.48 bits per heavy atom. The lowest BCUT2D eigenvalue weighted by Crippen LogP contribution is -3.02. The third kappa shape index (κ3) is 5.26. The number of esters is 1. The van der Waals surface area contributed by atoms with Crippen molar-refractivity contribution in [3.05, 3.63) is 5.21 Å². The lowest BCUT2D eigenvalue weighted by atomic mass is 9.59. The standard InChI is InChI=1S/C15H24F3NO3S/c1-10-6-12-4-3-5-14(7-10,8-12)13(20)22-11(2)9-19(21)23-15(16,17)18/h10-12,19H,3-9H2,1-2H3. The molecule has 4 nitrogen and oxygen atoms in total. The molecule has 0 spiro atoms. The van der Waals surface area contributed by atoms with E-state index in [-0.39, 0.29) is 5.97 Å². The van der Waals surface area contributed by atoms with E-state index in [0.29, 0.717) is 11.8 Å². The molecule has 2 fully saturated rings. The van der Waals surface area contributed by atoms with Gasteiger partial charge in [-0.15, -0.1) is 0 Å². The van der Waals surface area contributed by atoms with Crippen molar-refractivity contribution in [3.8, 4) is 0 Å². The van der Waals surface area contributed by atoms with E-state index in [1.54, 1.807) is 0 Å². The van der Waals surface area contributed by atoms with Crippen molar-refractivity contribution < 1.29 is 27.2 Å². The number of fused-ring (bicyclic) bond motifs is 2. The molecule has 1 N–H and O–H groups in total. The van der Waals surface area contributed by atoms with Gasteiger partial charge in [-0.2, -0.15) is 13.2 Å². The average Bonchev–Trinajstić information content (AvgIpc) is 2.34. The van der Waals surface area contributed by atoms with Gasteiger partial charge in [0.05, 0.1) is 5.41 Å². The number of rotatable bonds is 5. The predicted molar refractivity (Wildman–Crippen MR) is 81.2 cm³/mol. The van der Waals surface area contributed by atoms with E-state index in [2.05, 4.69) is 6.92 Å². The van der Waals surface area contributed by atoms with Gasteiger partial charge in [0, 0.05) is 0 Å². The number of hydroxylamine groups is 1. The largest absolute Gasteiger partial charge is 0.621 e. The number of halogens is 3. The van der Waals surface area contributed by atoms with Crippen LogP contribution < -0.4 is 4.47 Å². The van der Waals surface area contributed by atoms with Crippen LogP contribution in [-0.2, 0) is 9.53 Å². The fraction of sp³-hybridized carbons (Fsp3) is 0.933. The molecule has 0 aromatic rings. The van der Waals surface area contributed by atoms with E-state index in [1.165, 1.54) is 6.92 Å². The van der Waals surface area contributed by atoms with Gasteiger partial charge in [-0.05, 0) is 44.4 Å². The van der Waals surface area contributed by atoms with Gasteiger partial charge >= 0.3 is 11.5 Å².